The molecule has 2 aromatic rings. The summed E-state index contributed by atoms with van der Waals surface area (Å²) in [7, 11) is 1.62. The van der Waals surface area contributed by atoms with Crippen LogP contribution in [0.15, 0.2) is 46.9 Å². The molecule has 98 valence electrons. The molecular weight excluding hydrogens is 311 g/mol. The van der Waals surface area contributed by atoms with Crippen molar-refractivity contribution >= 4 is 33.2 Å². The van der Waals surface area contributed by atoms with Gasteiger partial charge in [0.25, 0.3) is 5.91 Å². The first-order chi connectivity index (χ1) is 8.97. The summed E-state index contributed by atoms with van der Waals surface area (Å²) in [5.74, 6) is -0.760. The molecule has 0 aliphatic rings. The van der Waals surface area contributed by atoms with E-state index in [-0.39, 0.29) is 11.5 Å². The van der Waals surface area contributed by atoms with Crippen LogP contribution in [-0.4, -0.2) is 13.0 Å². The van der Waals surface area contributed by atoms with Gasteiger partial charge in [0.15, 0.2) is 0 Å². The first kappa shape index (κ1) is 13.5. The van der Waals surface area contributed by atoms with Gasteiger partial charge in [-0.05, 0) is 36.4 Å². The van der Waals surface area contributed by atoms with E-state index in [9.17, 15) is 9.18 Å². The molecule has 3 nitrogen and oxygen atoms in total. The number of amides is 1. The number of halogens is 2. The van der Waals surface area contributed by atoms with Crippen molar-refractivity contribution in [2.24, 2.45) is 0 Å². The molecule has 0 spiro atoms. The number of hydrogen-bond donors (Lipinski definition) is 1. The molecule has 2 aromatic carbocycles. The van der Waals surface area contributed by atoms with Gasteiger partial charge in [0.2, 0.25) is 0 Å². The zero-order valence-electron chi connectivity index (χ0n) is 10.2. The second kappa shape index (κ2) is 5.40. The minimum absolute atomic E-state index is 0.275. The summed E-state index contributed by atoms with van der Waals surface area (Å²) in [6, 6.07) is 11.0. The number of nitrogen functional groups attached to an aromatic ring is 1. The molecule has 0 aliphatic heterocycles. The highest BCUT2D eigenvalue weighted by molar-refractivity contribution is 9.10. The molecule has 0 aromatic heterocycles. The molecule has 0 heterocycles. The number of hydrogen-bond acceptors (Lipinski definition) is 2. The summed E-state index contributed by atoms with van der Waals surface area (Å²) >= 11 is 3.17. The zero-order valence-corrected chi connectivity index (χ0v) is 11.8. The predicted octanol–water partition coefficient (Wildman–Crippen LogP) is 3.45. The standard InChI is InChI=1S/C14H12BrFN2O/c1-18(13-4-2-3-12(17)8-13)14(19)9-5-10(15)7-11(16)6-9/h2-8H,17H2,1H3. The quantitative estimate of drug-likeness (QED) is 0.861. The van der Waals surface area contributed by atoms with Gasteiger partial charge in [-0.15, -0.1) is 0 Å². The Morgan fingerprint density at radius 3 is 2.63 bits per heavy atom. The fraction of sp³-hybridized carbons (Fsp3) is 0.0714. The smallest absolute Gasteiger partial charge is 0.258 e. The van der Waals surface area contributed by atoms with Gasteiger partial charge >= 0.3 is 0 Å². The number of nitrogens with two attached hydrogens (primary N) is 1. The van der Waals surface area contributed by atoms with E-state index in [1.54, 1.807) is 37.4 Å². The first-order valence-corrected chi connectivity index (χ1v) is 6.36. The van der Waals surface area contributed by atoms with Crippen LogP contribution in [0.2, 0.25) is 0 Å². The van der Waals surface area contributed by atoms with Crippen LogP contribution in [0.25, 0.3) is 0 Å². The number of benzene rings is 2. The molecule has 2 rings (SSSR count). The summed E-state index contributed by atoms with van der Waals surface area (Å²) in [6.07, 6.45) is 0. The summed E-state index contributed by atoms with van der Waals surface area (Å²) in [5.41, 5.74) is 7.18. The Morgan fingerprint density at radius 2 is 2.00 bits per heavy atom. The van der Waals surface area contributed by atoms with Crippen molar-refractivity contribution in [1.82, 2.24) is 0 Å². The maximum absolute atomic E-state index is 13.3. The maximum Gasteiger partial charge on any atom is 0.258 e. The molecule has 0 atom stereocenters. The molecule has 0 radical (unpaired) electrons. The minimum Gasteiger partial charge on any atom is -0.399 e. The maximum atomic E-state index is 13.3. The van der Waals surface area contributed by atoms with E-state index in [4.69, 9.17) is 5.73 Å². The van der Waals surface area contributed by atoms with Crippen LogP contribution in [-0.2, 0) is 0 Å². The third-order valence-electron chi connectivity index (χ3n) is 2.67. The number of nitrogens with zero attached hydrogens (tertiary/aromatic N) is 1. The van der Waals surface area contributed by atoms with E-state index >= 15 is 0 Å². The molecule has 0 aliphatic carbocycles. The third kappa shape index (κ3) is 3.12. The minimum atomic E-state index is -0.460. The number of carbonyl (C=O) groups is 1. The Balaban J connectivity index is 2.33. The predicted molar refractivity (Wildman–Crippen MR) is 77.7 cm³/mol. The number of carbonyl (C=O) groups excluding carboxylic acids is 1. The van der Waals surface area contributed by atoms with Crippen LogP contribution >= 0.6 is 15.9 Å². The second-order valence-electron chi connectivity index (χ2n) is 4.12. The second-order valence-corrected chi connectivity index (χ2v) is 5.03. The highest BCUT2D eigenvalue weighted by Gasteiger charge is 2.15. The van der Waals surface area contributed by atoms with Gasteiger partial charge in [0.05, 0.1) is 0 Å². The molecule has 0 unspecified atom stereocenters. The monoisotopic (exact) mass is 322 g/mol. The average Bonchev–Trinajstić information content (AvgIpc) is 2.36. The molecule has 5 heteroatoms. The van der Waals surface area contributed by atoms with E-state index < -0.39 is 5.82 Å². The van der Waals surface area contributed by atoms with Crippen molar-refractivity contribution < 1.29 is 9.18 Å². The van der Waals surface area contributed by atoms with Crippen LogP contribution in [0.5, 0.6) is 0 Å². The van der Waals surface area contributed by atoms with Gasteiger partial charge in [-0.3, -0.25) is 4.79 Å². The highest BCUT2D eigenvalue weighted by Crippen LogP contribution is 2.21. The van der Waals surface area contributed by atoms with Crippen molar-refractivity contribution in [3.8, 4) is 0 Å². The lowest BCUT2D eigenvalue weighted by atomic mass is 10.2. The van der Waals surface area contributed by atoms with E-state index in [1.165, 1.54) is 17.0 Å². The van der Waals surface area contributed by atoms with Gasteiger partial charge in [-0.1, -0.05) is 22.0 Å². The fourth-order valence-corrected chi connectivity index (χ4v) is 2.19. The topological polar surface area (TPSA) is 46.3 Å². The van der Waals surface area contributed by atoms with E-state index in [0.29, 0.717) is 15.8 Å². The highest BCUT2D eigenvalue weighted by atomic mass is 79.9. The van der Waals surface area contributed by atoms with Crippen LogP contribution in [0.4, 0.5) is 15.8 Å². The Hall–Kier alpha value is -1.88. The Kier molecular flexibility index (Phi) is 3.85. The van der Waals surface area contributed by atoms with Crippen LogP contribution in [0.1, 0.15) is 10.4 Å². The zero-order chi connectivity index (χ0) is 14.0. The van der Waals surface area contributed by atoms with E-state index in [0.717, 1.165) is 0 Å². The van der Waals surface area contributed by atoms with E-state index in [1.807, 2.05) is 0 Å². The summed E-state index contributed by atoms with van der Waals surface area (Å²) < 4.78 is 13.8. The molecule has 0 saturated heterocycles. The molecular formula is C14H12BrFN2O. The van der Waals surface area contributed by atoms with Crippen molar-refractivity contribution in [3.05, 3.63) is 58.3 Å². The Bertz CT molecular complexity index is 610. The lowest BCUT2D eigenvalue weighted by Gasteiger charge is -2.18. The number of rotatable bonds is 2. The number of anilines is 2. The van der Waals surface area contributed by atoms with Gasteiger partial charge in [0.1, 0.15) is 5.82 Å². The molecule has 1 amide bonds. The normalized spacial score (nSPS) is 10.3. The molecule has 2 N–H and O–H groups in total. The molecule has 0 bridgehead atoms. The van der Waals surface area contributed by atoms with Gasteiger partial charge in [-0.2, -0.15) is 0 Å². The fourth-order valence-electron chi connectivity index (χ4n) is 1.72. The molecule has 0 fully saturated rings. The Labute approximate surface area is 119 Å². The van der Waals surface area contributed by atoms with Crippen molar-refractivity contribution in [2.45, 2.75) is 0 Å². The van der Waals surface area contributed by atoms with Crippen LogP contribution in [0.3, 0.4) is 0 Å². The largest absolute Gasteiger partial charge is 0.399 e. The molecule has 19 heavy (non-hydrogen) atoms. The third-order valence-corrected chi connectivity index (χ3v) is 3.13. The van der Waals surface area contributed by atoms with Crippen molar-refractivity contribution in [2.75, 3.05) is 17.7 Å². The lowest BCUT2D eigenvalue weighted by Crippen LogP contribution is -2.26. The van der Waals surface area contributed by atoms with Crippen molar-refractivity contribution in [3.63, 3.8) is 0 Å². The SMILES string of the molecule is CN(C(=O)c1cc(F)cc(Br)c1)c1cccc(N)c1. The van der Waals surface area contributed by atoms with Crippen LogP contribution < -0.4 is 10.6 Å². The summed E-state index contributed by atoms with van der Waals surface area (Å²) in [4.78, 5) is 13.7. The molecule has 0 saturated carbocycles. The average molecular weight is 323 g/mol. The summed E-state index contributed by atoms with van der Waals surface area (Å²) in [6.45, 7) is 0. The van der Waals surface area contributed by atoms with Gasteiger partial charge in [0, 0.05) is 28.5 Å². The van der Waals surface area contributed by atoms with E-state index in [2.05, 4.69) is 15.9 Å². The van der Waals surface area contributed by atoms with Crippen molar-refractivity contribution in [1.29, 1.82) is 0 Å². The first-order valence-electron chi connectivity index (χ1n) is 5.57. The van der Waals surface area contributed by atoms with Gasteiger partial charge in [-0.25, -0.2) is 4.39 Å². The lowest BCUT2D eigenvalue weighted by molar-refractivity contribution is 0.0992. The Morgan fingerprint density at radius 1 is 1.26 bits per heavy atom. The summed E-state index contributed by atoms with van der Waals surface area (Å²) in [5, 5.41) is 0. The van der Waals surface area contributed by atoms with Crippen LogP contribution in [0, 0.1) is 5.82 Å². The van der Waals surface area contributed by atoms with Gasteiger partial charge < -0.3 is 10.6 Å².